The summed E-state index contributed by atoms with van der Waals surface area (Å²) in [6.45, 7) is 1.24. The zero-order chi connectivity index (χ0) is 19.6. The van der Waals surface area contributed by atoms with Crippen LogP contribution in [0.3, 0.4) is 0 Å². The smallest absolute Gasteiger partial charge is 0.283 e. The van der Waals surface area contributed by atoms with E-state index in [1.807, 2.05) is 0 Å². The van der Waals surface area contributed by atoms with Crippen molar-refractivity contribution in [1.29, 1.82) is 0 Å². The first-order chi connectivity index (χ1) is 13.0. The van der Waals surface area contributed by atoms with Crippen LogP contribution in [-0.4, -0.2) is 41.6 Å². The number of benzene rings is 1. The predicted molar refractivity (Wildman–Crippen MR) is 112 cm³/mol. The summed E-state index contributed by atoms with van der Waals surface area (Å²) in [4.78, 5) is 34.0. The maximum absolute atomic E-state index is 12.0. The molecule has 2 amide bonds. The van der Waals surface area contributed by atoms with Gasteiger partial charge in [0.2, 0.25) is 11.8 Å². The first-order valence-corrected chi connectivity index (χ1v) is 10.2. The van der Waals surface area contributed by atoms with Crippen LogP contribution in [0.2, 0.25) is 0 Å². The van der Waals surface area contributed by atoms with Gasteiger partial charge in [-0.3, -0.25) is 19.7 Å². The largest absolute Gasteiger partial charge is 0.366 e. The van der Waals surface area contributed by atoms with Gasteiger partial charge in [0.25, 0.3) is 5.69 Å². The molecule has 0 unspecified atom stereocenters. The molecule has 0 heterocycles. The molecule has 10 heteroatoms. The molecular weight excluding hydrogens is 404 g/mol. The van der Waals surface area contributed by atoms with Gasteiger partial charge in [0.1, 0.15) is 0 Å². The number of nitro benzene ring substituents is 1. The Labute approximate surface area is 174 Å². The second-order valence-corrected chi connectivity index (χ2v) is 7.60. The summed E-state index contributed by atoms with van der Waals surface area (Å²) >= 11 is 1.07. The highest BCUT2D eigenvalue weighted by atomic mass is 35.5. The number of carbonyl (C=O) groups is 2. The number of hydrogen-bond donors (Lipinski definition) is 3. The van der Waals surface area contributed by atoms with Crippen LogP contribution < -0.4 is 16.4 Å². The lowest BCUT2D eigenvalue weighted by atomic mass is 10.1. The van der Waals surface area contributed by atoms with E-state index < -0.39 is 10.8 Å². The number of thioether (sulfide) groups is 1. The molecule has 0 bridgehead atoms. The molecule has 1 aliphatic carbocycles. The van der Waals surface area contributed by atoms with Crippen LogP contribution in [0.4, 0.5) is 5.69 Å². The van der Waals surface area contributed by atoms with Gasteiger partial charge in [-0.2, -0.15) is 0 Å². The molecule has 0 radical (unpaired) electrons. The van der Waals surface area contributed by atoms with Gasteiger partial charge in [0.15, 0.2) is 0 Å². The molecule has 0 saturated heterocycles. The Morgan fingerprint density at radius 2 is 1.86 bits per heavy atom. The third-order valence-electron chi connectivity index (χ3n) is 4.53. The first kappa shape index (κ1) is 24.2. The highest BCUT2D eigenvalue weighted by molar-refractivity contribution is 8.00. The quantitative estimate of drug-likeness (QED) is 0.182. The number of primary amides is 1. The van der Waals surface area contributed by atoms with Crippen LogP contribution in [0.25, 0.3) is 0 Å². The average Bonchev–Trinajstić information content (AvgIpc) is 2.92. The van der Waals surface area contributed by atoms with E-state index in [0.717, 1.165) is 17.8 Å². The second kappa shape index (κ2) is 12.6. The maximum atomic E-state index is 12.0. The Bertz CT molecular complexity index is 682. The van der Waals surface area contributed by atoms with Crippen LogP contribution >= 0.6 is 24.2 Å². The van der Waals surface area contributed by atoms with Crippen molar-refractivity contribution in [2.24, 2.45) is 5.73 Å². The number of rotatable bonds is 9. The number of amides is 2. The van der Waals surface area contributed by atoms with Crippen molar-refractivity contribution in [3.63, 3.8) is 0 Å². The van der Waals surface area contributed by atoms with Gasteiger partial charge in [0.05, 0.1) is 15.6 Å². The third-order valence-corrected chi connectivity index (χ3v) is 5.60. The fourth-order valence-corrected chi connectivity index (χ4v) is 3.93. The highest BCUT2D eigenvalue weighted by Crippen LogP contribution is 2.29. The monoisotopic (exact) mass is 430 g/mol. The predicted octanol–water partition coefficient (Wildman–Crippen LogP) is 2.64. The number of halogens is 1. The lowest BCUT2D eigenvalue weighted by molar-refractivity contribution is -0.387. The van der Waals surface area contributed by atoms with Crippen LogP contribution in [-0.2, 0) is 4.79 Å². The third kappa shape index (κ3) is 8.04. The lowest BCUT2D eigenvalue weighted by Gasteiger charge is -2.16. The summed E-state index contributed by atoms with van der Waals surface area (Å²) < 4.78 is 0. The topological polar surface area (TPSA) is 127 Å². The number of hydrogen-bond acceptors (Lipinski definition) is 6. The Kier molecular flexibility index (Phi) is 10.9. The normalized spacial score (nSPS) is 14.6. The highest BCUT2D eigenvalue weighted by Gasteiger charge is 2.18. The van der Waals surface area contributed by atoms with Crippen molar-refractivity contribution < 1.29 is 14.5 Å². The average molecular weight is 431 g/mol. The van der Waals surface area contributed by atoms with Gasteiger partial charge in [-0.05, 0) is 25.0 Å². The Balaban J connectivity index is 0.00000392. The van der Waals surface area contributed by atoms with Gasteiger partial charge in [-0.1, -0.05) is 25.7 Å². The Morgan fingerprint density at radius 1 is 1.18 bits per heavy atom. The fraction of sp³-hybridized carbons (Fsp3) is 0.556. The van der Waals surface area contributed by atoms with Crippen LogP contribution in [0, 0.1) is 10.1 Å². The van der Waals surface area contributed by atoms with Crippen molar-refractivity contribution in [3.8, 4) is 0 Å². The van der Waals surface area contributed by atoms with E-state index in [1.54, 1.807) is 0 Å². The molecule has 156 valence electrons. The fourth-order valence-electron chi connectivity index (χ4n) is 3.09. The maximum Gasteiger partial charge on any atom is 0.283 e. The molecule has 1 aromatic carbocycles. The zero-order valence-corrected chi connectivity index (χ0v) is 17.3. The van der Waals surface area contributed by atoms with E-state index in [0.29, 0.717) is 24.0 Å². The SMILES string of the molecule is Cl.NC(=O)c1ccc(SCC(=O)NCCNC2CCCCCC2)c([N+](=O)[O-])c1. The summed E-state index contributed by atoms with van der Waals surface area (Å²) in [5.74, 6) is -0.843. The van der Waals surface area contributed by atoms with Crippen molar-refractivity contribution in [2.45, 2.75) is 49.5 Å². The second-order valence-electron chi connectivity index (χ2n) is 6.59. The molecule has 0 spiro atoms. The summed E-state index contributed by atoms with van der Waals surface area (Å²) in [5, 5.41) is 17.5. The molecule has 0 aromatic heterocycles. The van der Waals surface area contributed by atoms with Crippen LogP contribution in [0.15, 0.2) is 23.1 Å². The molecule has 0 aliphatic heterocycles. The zero-order valence-electron chi connectivity index (χ0n) is 15.6. The minimum Gasteiger partial charge on any atom is -0.366 e. The molecule has 1 fully saturated rings. The molecule has 4 N–H and O–H groups in total. The number of nitro groups is 1. The lowest BCUT2D eigenvalue weighted by Crippen LogP contribution is -2.37. The van der Waals surface area contributed by atoms with E-state index >= 15 is 0 Å². The molecule has 0 atom stereocenters. The minimum absolute atomic E-state index is 0. The van der Waals surface area contributed by atoms with Gasteiger partial charge < -0.3 is 16.4 Å². The molecule has 1 saturated carbocycles. The molecule has 1 aromatic rings. The minimum atomic E-state index is -0.728. The molecule has 2 rings (SSSR count). The van der Waals surface area contributed by atoms with Crippen molar-refractivity contribution in [1.82, 2.24) is 10.6 Å². The van der Waals surface area contributed by atoms with Crippen molar-refractivity contribution >= 4 is 41.7 Å². The van der Waals surface area contributed by atoms with E-state index in [2.05, 4.69) is 10.6 Å². The van der Waals surface area contributed by atoms with Crippen molar-refractivity contribution in [3.05, 3.63) is 33.9 Å². The number of nitrogens with zero attached hydrogens (tertiary/aromatic N) is 1. The van der Waals surface area contributed by atoms with Gasteiger partial charge in [-0.25, -0.2) is 0 Å². The van der Waals surface area contributed by atoms with E-state index in [4.69, 9.17) is 5.73 Å². The van der Waals surface area contributed by atoms with E-state index in [9.17, 15) is 19.7 Å². The summed E-state index contributed by atoms with van der Waals surface area (Å²) in [5.41, 5.74) is 4.99. The molecule has 8 nitrogen and oxygen atoms in total. The standard InChI is InChI=1S/C18H26N4O4S.ClH/c19-18(24)13-7-8-16(15(11-13)22(25)26)27-12-17(23)21-10-9-20-14-5-3-1-2-4-6-14;/h7-8,11,14,20H,1-6,9-10,12H2,(H2,19,24)(H,21,23);1H. The van der Waals surface area contributed by atoms with E-state index in [1.165, 1.54) is 50.7 Å². The van der Waals surface area contributed by atoms with Gasteiger partial charge >= 0.3 is 0 Å². The Morgan fingerprint density at radius 3 is 2.46 bits per heavy atom. The molecular formula is C18H27ClN4O4S. The van der Waals surface area contributed by atoms with Crippen molar-refractivity contribution in [2.75, 3.05) is 18.8 Å². The van der Waals surface area contributed by atoms with E-state index in [-0.39, 0.29) is 35.3 Å². The summed E-state index contributed by atoms with van der Waals surface area (Å²) in [6, 6.07) is 4.54. The Hall–Kier alpha value is -1.84. The first-order valence-electron chi connectivity index (χ1n) is 9.18. The number of nitrogens with one attached hydrogen (secondary N) is 2. The molecule has 1 aliphatic rings. The molecule has 28 heavy (non-hydrogen) atoms. The van der Waals surface area contributed by atoms with Crippen LogP contribution in [0.5, 0.6) is 0 Å². The number of nitrogens with two attached hydrogens (primary N) is 1. The summed E-state index contributed by atoms with van der Waals surface area (Å²) in [6.07, 6.45) is 7.50. The number of carbonyl (C=O) groups excluding carboxylic acids is 2. The summed E-state index contributed by atoms with van der Waals surface area (Å²) in [7, 11) is 0. The van der Waals surface area contributed by atoms with Gasteiger partial charge in [-0.15, -0.1) is 24.2 Å². The van der Waals surface area contributed by atoms with Crippen LogP contribution in [0.1, 0.15) is 48.9 Å². The van der Waals surface area contributed by atoms with Gasteiger partial charge in [0, 0.05) is 30.8 Å².